The Kier molecular flexibility index (Phi) is 3.81. The van der Waals surface area contributed by atoms with Gasteiger partial charge in [-0.25, -0.2) is 9.18 Å². The van der Waals surface area contributed by atoms with E-state index in [0.717, 1.165) is 24.0 Å². The number of amides is 2. The molecule has 0 bridgehead atoms. The summed E-state index contributed by atoms with van der Waals surface area (Å²) in [6.07, 6.45) is 5.44. The van der Waals surface area contributed by atoms with Gasteiger partial charge in [0, 0.05) is 24.6 Å². The Morgan fingerprint density at radius 3 is 2.67 bits per heavy atom. The van der Waals surface area contributed by atoms with Crippen LogP contribution in [-0.2, 0) is 6.54 Å². The number of urea groups is 1. The number of hydrogen-bond acceptors (Lipinski definition) is 2. The molecule has 0 atom stereocenters. The highest BCUT2D eigenvalue weighted by molar-refractivity contribution is 5.89. The van der Waals surface area contributed by atoms with Gasteiger partial charge in [0.2, 0.25) is 0 Å². The van der Waals surface area contributed by atoms with Crippen LogP contribution in [0.25, 0.3) is 0 Å². The minimum Gasteiger partial charge on any atom is -0.334 e. The number of nitrogens with one attached hydrogen (secondary N) is 2. The molecule has 1 aliphatic carbocycles. The monoisotopic (exact) mass is 285 g/mol. The first-order chi connectivity index (χ1) is 10.2. The van der Waals surface area contributed by atoms with E-state index >= 15 is 0 Å². The van der Waals surface area contributed by atoms with Gasteiger partial charge in [-0.2, -0.15) is 0 Å². The number of aromatic nitrogens is 1. The van der Waals surface area contributed by atoms with Gasteiger partial charge in [-0.05, 0) is 54.2 Å². The highest BCUT2D eigenvalue weighted by Gasteiger charge is 2.26. The van der Waals surface area contributed by atoms with Gasteiger partial charge in [-0.15, -0.1) is 0 Å². The Morgan fingerprint density at radius 2 is 2.00 bits per heavy atom. The zero-order chi connectivity index (χ0) is 14.7. The van der Waals surface area contributed by atoms with E-state index < -0.39 is 0 Å². The van der Waals surface area contributed by atoms with Crippen molar-refractivity contribution < 1.29 is 9.18 Å². The molecule has 0 saturated heterocycles. The average molecular weight is 285 g/mol. The van der Waals surface area contributed by atoms with Crippen LogP contribution in [-0.4, -0.2) is 11.0 Å². The largest absolute Gasteiger partial charge is 0.334 e. The van der Waals surface area contributed by atoms with Crippen LogP contribution in [0.1, 0.15) is 29.9 Å². The van der Waals surface area contributed by atoms with Crippen molar-refractivity contribution >= 4 is 11.7 Å². The smallest absolute Gasteiger partial charge is 0.319 e. The number of hydrogen-bond donors (Lipinski definition) is 2. The van der Waals surface area contributed by atoms with Crippen LogP contribution in [0.4, 0.5) is 14.9 Å². The normalized spacial score (nSPS) is 13.8. The summed E-state index contributed by atoms with van der Waals surface area (Å²) >= 11 is 0. The Labute approximate surface area is 122 Å². The van der Waals surface area contributed by atoms with Crippen molar-refractivity contribution in [2.45, 2.75) is 25.3 Å². The molecule has 21 heavy (non-hydrogen) atoms. The third-order valence-electron chi connectivity index (χ3n) is 3.48. The minimum absolute atomic E-state index is 0.246. The van der Waals surface area contributed by atoms with Crippen molar-refractivity contribution in [3.63, 3.8) is 0 Å². The van der Waals surface area contributed by atoms with Gasteiger partial charge in [0.15, 0.2) is 0 Å². The Hall–Kier alpha value is -2.43. The van der Waals surface area contributed by atoms with Crippen LogP contribution in [0, 0.1) is 5.82 Å². The lowest BCUT2D eigenvalue weighted by Crippen LogP contribution is -2.28. The van der Waals surface area contributed by atoms with Gasteiger partial charge >= 0.3 is 6.03 Å². The first-order valence-electron chi connectivity index (χ1n) is 6.95. The van der Waals surface area contributed by atoms with Crippen molar-refractivity contribution in [3.8, 4) is 0 Å². The van der Waals surface area contributed by atoms with E-state index in [2.05, 4.69) is 15.6 Å². The molecule has 1 aliphatic rings. The fourth-order valence-corrected chi connectivity index (χ4v) is 2.19. The molecule has 1 aromatic carbocycles. The molecule has 3 rings (SSSR count). The molecule has 2 amide bonds. The van der Waals surface area contributed by atoms with Crippen LogP contribution >= 0.6 is 0 Å². The van der Waals surface area contributed by atoms with Gasteiger partial charge in [-0.1, -0.05) is 6.07 Å². The summed E-state index contributed by atoms with van der Waals surface area (Å²) in [5.74, 6) is 0.115. The van der Waals surface area contributed by atoms with E-state index in [4.69, 9.17) is 0 Å². The summed E-state index contributed by atoms with van der Waals surface area (Å²) in [6.45, 7) is 0.400. The lowest BCUT2D eigenvalue weighted by Gasteiger charge is -2.09. The predicted molar refractivity (Wildman–Crippen MR) is 78.5 cm³/mol. The van der Waals surface area contributed by atoms with Gasteiger partial charge in [0.1, 0.15) is 5.82 Å². The highest BCUT2D eigenvalue weighted by atomic mass is 19.1. The summed E-state index contributed by atoms with van der Waals surface area (Å²) in [5.41, 5.74) is 2.16. The third-order valence-corrected chi connectivity index (χ3v) is 3.48. The molecular formula is C16H16FN3O. The number of carbonyl (C=O) groups excluding carboxylic acids is 1. The minimum atomic E-state index is -0.356. The Morgan fingerprint density at radius 1 is 1.24 bits per heavy atom. The number of anilines is 1. The van der Waals surface area contributed by atoms with Gasteiger partial charge in [-0.3, -0.25) is 4.98 Å². The van der Waals surface area contributed by atoms with Crippen molar-refractivity contribution in [1.82, 2.24) is 10.3 Å². The molecule has 0 radical (unpaired) electrons. The molecule has 0 aliphatic heterocycles. The van der Waals surface area contributed by atoms with Crippen molar-refractivity contribution in [3.05, 3.63) is 59.7 Å². The lowest BCUT2D eigenvalue weighted by atomic mass is 10.1. The summed E-state index contributed by atoms with van der Waals surface area (Å²) in [6, 6.07) is 8.16. The molecule has 1 fully saturated rings. The molecular weight excluding hydrogens is 269 g/mol. The molecule has 2 N–H and O–H groups in total. The van der Waals surface area contributed by atoms with Gasteiger partial charge < -0.3 is 10.6 Å². The zero-order valence-corrected chi connectivity index (χ0v) is 11.5. The lowest BCUT2D eigenvalue weighted by molar-refractivity contribution is 0.251. The van der Waals surface area contributed by atoms with E-state index in [1.165, 1.54) is 6.07 Å². The zero-order valence-electron chi connectivity index (χ0n) is 11.5. The first kappa shape index (κ1) is 13.5. The van der Waals surface area contributed by atoms with Crippen molar-refractivity contribution in [1.29, 1.82) is 0 Å². The molecule has 4 nitrogen and oxygen atoms in total. The number of nitrogens with zero attached hydrogens (tertiary/aromatic N) is 1. The first-order valence-corrected chi connectivity index (χ1v) is 6.95. The number of rotatable bonds is 4. The van der Waals surface area contributed by atoms with Crippen LogP contribution in [0.2, 0.25) is 0 Å². The van der Waals surface area contributed by atoms with Gasteiger partial charge in [0.25, 0.3) is 0 Å². The topological polar surface area (TPSA) is 54.0 Å². The number of benzene rings is 1. The predicted octanol–water partition coefficient (Wildman–Crippen LogP) is 3.42. The number of pyridine rings is 1. The number of carbonyl (C=O) groups is 1. The van der Waals surface area contributed by atoms with Gasteiger partial charge in [0.05, 0.1) is 0 Å². The maximum absolute atomic E-state index is 13.9. The fourth-order valence-electron chi connectivity index (χ4n) is 2.19. The second-order valence-corrected chi connectivity index (χ2v) is 5.17. The summed E-state index contributed by atoms with van der Waals surface area (Å²) in [4.78, 5) is 15.7. The quantitative estimate of drug-likeness (QED) is 0.904. The molecule has 0 unspecified atom stereocenters. The van der Waals surface area contributed by atoms with E-state index in [1.54, 1.807) is 24.5 Å². The Balaban J connectivity index is 1.56. The molecule has 108 valence electrons. The van der Waals surface area contributed by atoms with Crippen LogP contribution < -0.4 is 10.6 Å². The molecule has 1 saturated carbocycles. The second-order valence-electron chi connectivity index (χ2n) is 5.17. The maximum Gasteiger partial charge on any atom is 0.319 e. The maximum atomic E-state index is 13.9. The summed E-state index contributed by atoms with van der Waals surface area (Å²) < 4.78 is 13.9. The van der Waals surface area contributed by atoms with E-state index in [-0.39, 0.29) is 11.8 Å². The van der Waals surface area contributed by atoms with Crippen molar-refractivity contribution in [2.75, 3.05) is 5.32 Å². The van der Waals surface area contributed by atoms with E-state index in [1.807, 2.05) is 12.1 Å². The SMILES string of the molecule is O=C(NCc1ccncc1)Nc1ccc(C2CC2)c(F)c1. The standard InChI is InChI=1S/C16H16FN3O/c17-15-9-13(3-4-14(15)12-1-2-12)20-16(21)19-10-11-5-7-18-8-6-11/h3-9,12H,1-2,10H2,(H2,19,20,21). The van der Waals surface area contributed by atoms with Crippen molar-refractivity contribution in [2.24, 2.45) is 0 Å². The molecule has 1 heterocycles. The molecule has 2 aromatic rings. The van der Waals surface area contributed by atoms with E-state index in [0.29, 0.717) is 18.2 Å². The van der Waals surface area contributed by atoms with Crippen LogP contribution in [0.5, 0.6) is 0 Å². The number of halogens is 1. The molecule has 5 heteroatoms. The van der Waals surface area contributed by atoms with Crippen LogP contribution in [0.3, 0.4) is 0 Å². The summed E-state index contributed by atoms with van der Waals surface area (Å²) in [5, 5.41) is 5.35. The summed E-state index contributed by atoms with van der Waals surface area (Å²) in [7, 11) is 0. The molecule has 0 spiro atoms. The highest BCUT2D eigenvalue weighted by Crippen LogP contribution is 2.41. The second kappa shape index (κ2) is 5.91. The molecule has 1 aromatic heterocycles. The van der Waals surface area contributed by atoms with E-state index in [9.17, 15) is 9.18 Å². The van der Waals surface area contributed by atoms with Crippen LogP contribution in [0.15, 0.2) is 42.7 Å². The third kappa shape index (κ3) is 3.56. The Bertz CT molecular complexity index is 641. The average Bonchev–Trinajstić information content (AvgIpc) is 3.31. The fraction of sp³-hybridized carbons (Fsp3) is 0.250.